The number of carbonyl (C=O) groups is 2. The molecule has 14 nitrogen and oxygen atoms in total. The van der Waals surface area contributed by atoms with Gasteiger partial charge in [-0.05, 0) is 19.8 Å². The maximum atomic E-state index is 12.0. The predicted octanol–water partition coefficient (Wildman–Crippen LogP) is 3.44. The molecule has 0 unspecified atom stereocenters. The molecule has 40 heavy (non-hydrogen) atoms. The van der Waals surface area contributed by atoms with Crippen LogP contribution in [0.25, 0.3) is 27.6 Å². The first-order valence-electron chi connectivity index (χ1n) is 17.6. The maximum Gasteiger partial charge on any atom is 0.377 e. The van der Waals surface area contributed by atoms with Crippen LogP contribution in [0.4, 0.5) is 0 Å². The predicted molar refractivity (Wildman–Crippen MR) is 148 cm³/mol. The molecule has 0 saturated heterocycles. The number of aromatic nitrogens is 7. The van der Waals surface area contributed by atoms with Crippen LogP contribution < -0.4 is 9.47 Å². The Morgan fingerprint density at radius 2 is 1.95 bits per heavy atom. The number of H-pyrrole nitrogens is 2. The number of Topliss-reactive ketones (excluding diaryl/α,β-unsaturated/α-hetero) is 1. The van der Waals surface area contributed by atoms with Gasteiger partial charge < -0.3 is 24.5 Å². The summed E-state index contributed by atoms with van der Waals surface area (Å²) in [4.78, 5) is 46.8. The van der Waals surface area contributed by atoms with Gasteiger partial charge in [0.2, 0.25) is 0 Å². The number of amidine groups is 1. The molecule has 0 aliphatic carbocycles. The third kappa shape index (κ3) is 5.81. The van der Waals surface area contributed by atoms with Crippen molar-refractivity contribution in [3.05, 3.63) is 53.7 Å². The van der Waals surface area contributed by atoms with Crippen molar-refractivity contribution in [3.8, 4) is 17.3 Å². The zero-order valence-corrected chi connectivity index (χ0v) is 20.4. The van der Waals surface area contributed by atoms with Gasteiger partial charge in [0.15, 0.2) is 11.0 Å². The topological polar surface area (TPSA) is 186 Å². The van der Waals surface area contributed by atoms with Crippen LogP contribution in [0.2, 0.25) is 5.15 Å². The number of carbonyl (C=O) groups excluding carboxylic acids is 1. The van der Waals surface area contributed by atoms with Crippen molar-refractivity contribution in [3.63, 3.8) is 0 Å². The normalized spacial score (nSPS) is 18.5. The van der Waals surface area contributed by atoms with Crippen LogP contribution in [-0.2, 0) is 4.79 Å². The number of aliphatic carboxylic acids is 1. The standard InChI is InChI=1S/C13H11N5O4.C8H7ClN2O.C4H6N2/c1-6-16-5-18(17-6)12-10-9(8(22-2)4-15-12)7(3-14-10)11(19)13(20)21;1-12-6-4-11-8(9)7-5(6)2-3-10-7;1-4-5-2-3-6-4/h3-5,14H,1-2H3,(H,20,21);2-4,10H,1H3;2H,3H2,1H3/i1D3,2D3,5D;1D3;1D3,2D. The molecule has 0 radical (unpaired) electrons. The van der Waals surface area contributed by atoms with Crippen molar-refractivity contribution in [1.82, 2.24) is 34.7 Å². The lowest BCUT2D eigenvalue weighted by Crippen LogP contribution is -2.12. The second kappa shape index (κ2) is 12.2. The summed E-state index contributed by atoms with van der Waals surface area (Å²) in [7, 11) is -5.42. The van der Waals surface area contributed by atoms with Gasteiger partial charge in [-0.25, -0.2) is 29.4 Å². The summed E-state index contributed by atoms with van der Waals surface area (Å²) in [6.07, 6.45) is 4.26. The van der Waals surface area contributed by atoms with Crippen molar-refractivity contribution in [2.75, 3.05) is 20.6 Å². The van der Waals surface area contributed by atoms with Gasteiger partial charge in [-0.1, -0.05) is 11.6 Å². The number of nitrogens with one attached hydrogen (secondary N) is 2. The van der Waals surface area contributed by atoms with E-state index in [1.54, 1.807) is 12.3 Å². The van der Waals surface area contributed by atoms with E-state index in [0.29, 0.717) is 10.9 Å². The molecular formula is C25H24ClN9O5. The third-order valence-corrected chi connectivity index (χ3v) is 5.24. The Morgan fingerprint density at radius 3 is 2.62 bits per heavy atom. The van der Waals surface area contributed by atoms with Gasteiger partial charge in [0.1, 0.15) is 30.8 Å². The Bertz CT molecular complexity index is 2270. The number of carboxylic acid groups (broad SMARTS) is 1. The van der Waals surface area contributed by atoms with Crippen LogP contribution in [0, 0.1) is 6.85 Å². The summed E-state index contributed by atoms with van der Waals surface area (Å²) in [5.74, 6) is -4.41. The van der Waals surface area contributed by atoms with E-state index in [2.05, 4.69) is 40.0 Å². The quantitative estimate of drug-likeness (QED) is 0.159. The molecule has 0 amide bonds. The van der Waals surface area contributed by atoms with E-state index in [-0.39, 0.29) is 46.2 Å². The summed E-state index contributed by atoms with van der Waals surface area (Å²) < 4.78 is 110. The molecule has 1 aliphatic heterocycles. The molecule has 0 bridgehead atoms. The monoisotopic (exact) mass is 579 g/mol. The van der Waals surface area contributed by atoms with Crippen LogP contribution in [0.15, 0.2) is 47.1 Å². The lowest BCUT2D eigenvalue weighted by Gasteiger charge is -2.06. The van der Waals surface area contributed by atoms with Gasteiger partial charge in [0.25, 0.3) is 5.78 Å². The van der Waals surface area contributed by atoms with E-state index < -0.39 is 63.0 Å². The van der Waals surface area contributed by atoms with Crippen LogP contribution in [0.1, 0.15) is 42.2 Å². The highest BCUT2D eigenvalue weighted by molar-refractivity contribution is 6.42. The van der Waals surface area contributed by atoms with E-state index in [1.165, 1.54) is 6.20 Å². The van der Waals surface area contributed by atoms with Gasteiger partial charge in [-0.15, -0.1) is 0 Å². The minimum atomic E-state index is -2.93. The summed E-state index contributed by atoms with van der Waals surface area (Å²) >= 11 is 5.80. The molecule has 15 heteroatoms. The highest BCUT2D eigenvalue weighted by Gasteiger charge is 2.24. The molecule has 6 rings (SSSR count). The molecule has 0 spiro atoms. The van der Waals surface area contributed by atoms with Crippen LogP contribution in [0.3, 0.4) is 0 Å². The van der Waals surface area contributed by atoms with Gasteiger partial charge in [0, 0.05) is 32.2 Å². The number of ether oxygens (including phenoxy) is 2. The van der Waals surface area contributed by atoms with Crippen molar-refractivity contribution >= 4 is 57.2 Å². The smallest absolute Gasteiger partial charge is 0.377 e. The van der Waals surface area contributed by atoms with Crippen molar-refractivity contribution in [2.24, 2.45) is 9.98 Å². The number of fused-ring (bicyclic) bond motifs is 2. The van der Waals surface area contributed by atoms with E-state index in [1.807, 2.05) is 0 Å². The number of aliphatic imine (C=N–C) groups is 2. The molecule has 5 aromatic rings. The lowest BCUT2D eigenvalue weighted by atomic mass is 10.1. The van der Waals surface area contributed by atoms with Gasteiger partial charge in [0.05, 0.1) is 64.6 Å². The number of ketones is 1. The number of hydrogen-bond donors (Lipinski definition) is 3. The third-order valence-electron chi connectivity index (χ3n) is 4.96. The Balaban J connectivity index is 0.000000214. The average molecular weight is 580 g/mol. The lowest BCUT2D eigenvalue weighted by molar-refractivity contribution is -0.131. The van der Waals surface area contributed by atoms with Crippen LogP contribution in [0.5, 0.6) is 11.5 Å². The van der Waals surface area contributed by atoms with E-state index in [9.17, 15) is 9.59 Å². The number of rotatable bonds is 5. The number of halogens is 1. The summed E-state index contributed by atoms with van der Waals surface area (Å²) in [6, 6.07) is 1.68. The number of methoxy groups -OCH3 is 2. The number of pyridine rings is 2. The SMILES string of the molecule is [2H]C([2H])([2H])Oc1cnc(Cl)c2[nH]ccc12.[2H]C1=NC(C([2H])([2H])[2H])=NC1.[2H]c1nc(C([2H])([2H])[2H])nn1-c1ncc(OC([2H])([2H])[2H])c2c(C(=O)C(=O)O)c[nH]c12. The molecule has 1 aliphatic rings. The molecule has 0 atom stereocenters. The second-order valence-corrected chi connectivity index (χ2v) is 7.63. The molecule has 6 heterocycles. The zero-order valence-electron chi connectivity index (χ0n) is 33.7. The van der Waals surface area contributed by atoms with E-state index in [4.69, 9.17) is 45.4 Å². The first kappa shape index (κ1) is 14.9. The fourth-order valence-corrected chi connectivity index (χ4v) is 3.50. The number of hydrogen-bond acceptors (Lipinski definition) is 10. The molecule has 206 valence electrons. The van der Waals surface area contributed by atoms with Gasteiger partial charge in [-0.3, -0.25) is 9.79 Å². The Kier molecular flexibility index (Phi) is 4.53. The van der Waals surface area contributed by atoms with Crippen molar-refractivity contribution in [2.45, 2.75) is 13.7 Å². The Morgan fingerprint density at radius 1 is 1.12 bits per heavy atom. The number of nitrogens with zero attached hydrogens (tertiary/aromatic N) is 7. The van der Waals surface area contributed by atoms with E-state index in [0.717, 1.165) is 17.1 Å². The van der Waals surface area contributed by atoms with Crippen LogP contribution in [-0.4, -0.2) is 84.2 Å². The van der Waals surface area contributed by atoms with Crippen LogP contribution >= 0.6 is 11.6 Å². The molecule has 0 saturated carbocycles. The summed E-state index contributed by atoms with van der Waals surface area (Å²) in [5, 5.41) is 13.4. The summed E-state index contributed by atoms with van der Waals surface area (Å²) in [6.45, 7) is -4.85. The largest absolute Gasteiger partial charge is 0.494 e. The molecule has 0 fully saturated rings. The van der Waals surface area contributed by atoms with E-state index >= 15 is 0 Å². The Labute approximate surface area is 251 Å². The Hall–Kier alpha value is -5.11. The first-order chi connectivity index (χ1) is 24.8. The minimum Gasteiger partial charge on any atom is -0.494 e. The van der Waals surface area contributed by atoms with Crippen molar-refractivity contribution < 1.29 is 43.4 Å². The number of carboxylic acids is 1. The highest BCUT2D eigenvalue weighted by atomic mass is 35.5. The number of aromatic amines is 2. The molecule has 0 aromatic carbocycles. The maximum absolute atomic E-state index is 12.0. The zero-order chi connectivity index (χ0) is 40.6. The van der Waals surface area contributed by atoms with Gasteiger partial charge >= 0.3 is 5.97 Å². The fourth-order valence-electron chi connectivity index (χ4n) is 3.30. The first-order valence-corrected chi connectivity index (χ1v) is 11.0. The molecule has 5 aromatic heterocycles. The average Bonchev–Trinajstić information content (AvgIpc) is 3.84. The minimum absolute atomic E-state index is 0.0196. The highest BCUT2D eigenvalue weighted by Crippen LogP contribution is 2.31. The molecular weight excluding hydrogens is 542 g/mol. The van der Waals surface area contributed by atoms with Crippen molar-refractivity contribution in [1.29, 1.82) is 0 Å². The summed E-state index contributed by atoms with van der Waals surface area (Å²) in [5.41, 5.74) is 0.0448. The fraction of sp³-hybridized carbons (Fsp3) is 0.200. The van der Waals surface area contributed by atoms with Gasteiger partial charge in [-0.2, -0.15) is 5.10 Å². The molecule has 3 N–H and O–H groups in total. The number of aryl methyl sites for hydroxylation is 1. The second-order valence-electron chi connectivity index (χ2n) is 7.27.